The number of thiophene rings is 1. The van der Waals surface area contributed by atoms with Crippen molar-refractivity contribution in [3.63, 3.8) is 0 Å². The van der Waals surface area contributed by atoms with Crippen LogP contribution in [0, 0.1) is 0 Å². The number of nitrogens with one attached hydrogen (secondary N) is 1. The second-order valence-corrected chi connectivity index (χ2v) is 8.98. The fraction of sp³-hybridized carbons (Fsp3) is 0.476. The van der Waals surface area contributed by atoms with E-state index < -0.39 is 5.60 Å². The van der Waals surface area contributed by atoms with E-state index in [1.807, 2.05) is 33.3 Å². The van der Waals surface area contributed by atoms with Gasteiger partial charge in [-0.05, 0) is 41.8 Å². The Morgan fingerprint density at radius 1 is 1.31 bits per heavy atom. The Morgan fingerprint density at radius 2 is 2.22 bits per heavy atom. The zero-order valence-corrected chi connectivity index (χ0v) is 18.7. The summed E-state index contributed by atoms with van der Waals surface area (Å²) in [6.07, 6.45) is 2.81. The van der Waals surface area contributed by atoms with Gasteiger partial charge < -0.3 is 15.0 Å². The maximum absolute atomic E-state index is 12.7. The lowest BCUT2D eigenvalue weighted by Gasteiger charge is -2.34. The zero-order chi connectivity index (χ0) is 22.1. The summed E-state index contributed by atoms with van der Waals surface area (Å²) in [5.41, 5.74) is 2.70. The van der Waals surface area contributed by atoms with Crippen molar-refractivity contribution in [3.8, 4) is 0 Å². The number of aromatic nitrogens is 5. The maximum Gasteiger partial charge on any atom is 0.269 e. The van der Waals surface area contributed by atoms with Gasteiger partial charge in [0, 0.05) is 19.3 Å². The van der Waals surface area contributed by atoms with Gasteiger partial charge in [0.1, 0.15) is 17.0 Å². The standard InChI is InChI=1S/C21H25N7O3S/c1-2-27-17(3-6-23-27)20(30)22-10-16-18-11-31-21(14-28(18)25-24-16)5-7-26(13-21)19(29)9-15-4-8-32-12-15/h3-4,6,8,12H,2,5,7,9-11,13-14H2,1H3,(H,22,30). The number of amides is 2. The van der Waals surface area contributed by atoms with Crippen LogP contribution in [0.25, 0.3) is 0 Å². The number of carbonyl (C=O) groups excluding carboxylic acids is 2. The molecule has 0 bridgehead atoms. The molecule has 11 heteroatoms. The number of aryl methyl sites for hydroxylation is 1. The molecule has 3 aromatic heterocycles. The molecule has 5 rings (SSSR count). The van der Waals surface area contributed by atoms with Crippen LogP contribution in [0.1, 0.15) is 40.8 Å². The molecule has 2 amide bonds. The monoisotopic (exact) mass is 455 g/mol. The number of carbonyl (C=O) groups is 2. The number of nitrogens with zero attached hydrogens (tertiary/aromatic N) is 6. The van der Waals surface area contributed by atoms with E-state index in [-0.39, 0.29) is 18.4 Å². The average Bonchev–Trinajstić information content (AvgIpc) is 3.59. The van der Waals surface area contributed by atoms with Crippen molar-refractivity contribution in [1.82, 2.24) is 35.0 Å². The second-order valence-electron chi connectivity index (χ2n) is 8.20. The van der Waals surface area contributed by atoms with Crippen molar-refractivity contribution >= 4 is 23.2 Å². The molecule has 1 spiro atoms. The highest BCUT2D eigenvalue weighted by atomic mass is 32.1. The Balaban J connectivity index is 1.20. The maximum atomic E-state index is 12.7. The van der Waals surface area contributed by atoms with E-state index in [0.717, 1.165) is 17.7 Å². The summed E-state index contributed by atoms with van der Waals surface area (Å²) in [5, 5.41) is 19.6. The van der Waals surface area contributed by atoms with Crippen molar-refractivity contribution in [2.75, 3.05) is 13.1 Å². The van der Waals surface area contributed by atoms with Gasteiger partial charge in [-0.25, -0.2) is 4.68 Å². The molecule has 5 heterocycles. The van der Waals surface area contributed by atoms with Gasteiger partial charge in [-0.2, -0.15) is 16.4 Å². The Labute approximate surface area is 189 Å². The molecule has 0 saturated carbocycles. The van der Waals surface area contributed by atoms with Crippen molar-refractivity contribution in [1.29, 1.82) is 0 Å². The molecule has 168 valence electrons. The Bertz CT molecular complexity index is 1120. The minimum atomic E-state index is -0.431. The molecule has 2 aliphatic heterocycles. The number of likely N-dealkylation sites (tertiary alicyclic amines) is 1. The highest BCUT2D eigenvalue weighted by Crippen LogP contribution is 2.33. The first-order valence-electron chi connectivity index (χ1n) is 10.7. The lowest BCUT2D eigenvalue weighted by Crippen LogP contribution is -2.45. The minimum absolute atomic E-state index is 0.128. The van der Waals surface area contributed by atoms with Gasteiger partial charge in [-0.15, -0.1) is 5.10 Å². The van der Waals surface area contributed by atoms with E-state index in [9.17, 15) is 9.59 Å². The summed E-state index contributed by atoms with van der Waals surface area (Å²) in [5.74, 6) is -0.0714. The fourth-order valence-corrected chi connectivity index (χ4v) is 5.02. The van der Waals surface area contributed by atoms with E-state index >= 15 is 0 Å². The Kier molecular flexibility index (Phi) is 5.51. The smallest absolute Gasteiger partial charge is 0.269 e. The van der Waals surface area contributed by atoms with Crippen LogP contribution in [0.3, 0.4) is 0 Å². The molecular formula is C21H25N7O3S. The summed E-state index contributed by atoms with van der Waals surface area (Å²) in [7, 11) is 0. The highest BCUT2D eigenvalue weighted by molar-refractivity contribution is 7.08. The van der Waals surface area contributed by atoms with E-state index in [1.165, 1.54) is 0 Å². The van der Waals surface area contributed by atoms with Crippen LogP contribution in [0.15, 0.2) is 29.1 Å². The molecule has 1 N–H and O–H groups in total. The quantitative estimate of drug-likeness (QED) is 0.599. The molecule has 1 fully saturated rings. The molecule has 32 heavy (non-hydrogen) atoms. The number of hydrogen-bond donors (Lipinski definition) is 1. The van der Waals surface area contributed by atoms with Crippen LogP contribution in [-0.4, -0.2) is 60.2 Å². The first-order chi connectivity index (χ1) is 15.6. The van der Waals surface area contributed by atoms with Gasteiger partial charge in [0.15, 0.2) is 0 Å². The van der Waals surface area contributed by atoms with Gasteiger partial charge >= 0.3 is 0 Å². The first-order valence-corrected chi connectivity index (χ1v) is 11.7. The van der Waals surface area contributed by atoms with Crippen LogP contribution in [0.5, 0.6) is 0 Å². The number of ether oxygens (including phenoxy) is 1. The van der Waals surface area contributed by atoms with E-state index in [2.05, 4.69) is 20.7 Å². The lowest BCUT2D eigenvalue weighted by molar-refractivity contribution is -0.132. The van der Waals surface area contributed by atoms with E-state index in [0.29, 0.717) is 50.6 Å². The molecule has 1 atom stereocenters. The fourth-order valence-electron chi connectivity index (χ4n) is 4.35. The summed E-state index contributed by atoms with van der Waals surface area (Å²) in [6.45, 7) is 4.98. The lowest BCUT2D eigenvalue weighted by atomic mass is 10.0. The molecular weight excluding hydrogens is 430 g/mol. The third-order valence-electron chi connectivity index (χ3n) is 6.14. The predicted octanol–water partition coefficient (Wildman–Crippen LogP) is 1.23. The van der Waals surface area contributed by atoms with Crippen molar-refractivity contribution in [2.24, 2.45) is 0 Å². The molecule has 0 aromatic carbocycles. The summed E-state index contributed by atoms with van der Waals surface area (Å²) in [4.78, 5) is 27.0. The molecule has 0 radical (unpaired) electrons. The third kappa shape index (κ3) is 3.93. The number of hydrogen-bond acceptors (Lipinski definition) is 7. The predicted molar refractivity (Wildman–Crippen MR) is 116 cm³/mol. The SMILES string of the molecule is CCn1nccc1C(=O)NCc1nnn2c1COC1(CCN(C(=O)Cc3ccsc3)C1)C2. The summed E-state index contributed by atoms with van der Waals surface area (Å²) < 4.78 is 9.77. The number of fused-ring (bicyclic) bond motifs is 1. The Morgan fingerprint density at radius 3 is 3.03 bits per heavy atom. The van der Waals surface area contributed by atoms with Crippen LogP contribution < -0.4 is 5.32 Å². The average molecular weight is 456 g/mol. The second kappa shape index (κ2) is 8.47. The highest BCUT2D eigenvalue weighted by Gasteiger charge is 2.44. The van der Waals surface area contributed by atoms with Gasteiger partial charge in [-0.1, -0.05) is 5.21 Å². The normalized spacial score (nSPS) is 20.0. The van der Waals surface area contributed by atoms with Crippen LogP contribution in [-0.2, 0) is 42.2 Å². The van der Waals surface area contributed by atoms with Gasteiger partial charge in [0.25, 0.3) is 5.91 Å². The summed E-state index contributed by atoms with van der Waals surface area (Å²) >= 11 is 1.60. The number of rotatable bonds is 6. The minimum Gasteiger partial charge on any atom is -0.365 e. The molecule has 10 nitrogen and oxygen atoms in total. The van der Waals surface area contributed by atoms with Crippen LogP contribution >= 0.6 is 11.3 Å². The van der Waals surface area contributed by atoms with E-state index in [4.69, 9.17) is 4.74 Å². The molecule has 3 aromatic rings. The van der Waals surface area contributed by atoms with Gasteiger partial charge in [-0.3, -0.25) is 14.3 Å². The Hall–Kier alpha value is -3.05. The topological polar surface area (TPSA) is 107 Å². The van der Waals surface area contributed by atoms with Gasteiger partial charge in [0.05, 0.1) is 38.4 Å². The summed E-state index contributed by atoms with van der Waals surface area (Å²) in [6, 6.07) is 3.68. The van der Waals surface area contributed by atoms with Crippen LogP contribution in [0.2, 0.25) is 0 Å². The molecule has 0 aliphatic carbocycles. The third-order valence-corrected chi connectivity index (χ3v) is 6.87. The van der Waals surface area contributed by atoms with E-state index in [1.54, 1.807) is 28.3 Å². The molecule has 2 aliphatic rings. The van der Waals surface area contributed by atoms with Crippen molar-refractivity contribution < 1.29 is 14.3 Å². The van der Waals surface area contributed by atoms with Crippen LogP contribution in [0.4, 0.5) is 0 Å². The molecule has 1 unspecified atom stereocenters. The van der Waals surface area contributed by atoms with Crippen molar-refractivity contribution in [3.05, 3.63) is 51.7 Å². The largest absolute Gasteiger partial charge is 0.365 e. The zero-order valence-electron chi connectivity index (χ0n) is 17.9. The van der Waals surface area contributed by atoms with Crippen molar-refractivity contribution in [2.45, 2.75) is 51.6 Å². The van der Waals surface area contributed by atoms with Gasteiger partial charge in [0.2, 0.25) is 5.91 Å². The first kappa shape index (κ1) is 20.8. The molecule has 1 saturated heterocycles.